The Balaban J connectivity index is 1.40. The van der Waals surface area contributed by atoms with E-state index in [4.69, 9.17) is 0 Å². The van der Waals surface area contributed by atoms with E-state index in [1.165, 1.54) is 37.2 Å². The van der Waals surface area contributed by atoms with Crippen LogP contribution in [0.3, 0.4) is 0 Å². The molecular formula is C15H24N2S. The second-order valence-corrected chi connectivity index (χ2v) is 7.00. The molecule has 1 aromatic heterocycles. The fourth-order valence-electron chi connectivity index (χ4n) is 3.58. The number of hydrogen-bond donors (Lipinski definition) is 1. The second-order valence-electron chi connectivity index (χ2n) is 5.96. The summed E-state index contributed by atoms with van der Waals surface area (Å²) in [7, 11) is 0. The largest absolute Gasteiger partial charge is 0.310 e. The molecule has 1 aliphatic heterocycles. The van der Waals surface area contributed by atoms with Gasteiger partial charge in [0.1, 0.15) is 0 Å². The molecule has 2 fully saturated rings. The Kier molecular flexibility index (Phi) is 4.02. The van der Waals surface area contributed by atoms with Crippen molar-refractivity contribution in [2.24, 2.45) is 11.8 Å². The van der Waals surface area contributed by atoms with Crippen molar-refractivity contribution in [3.8, 4) is 0 Å². The lowest BCUT2D eigenvalue weighted by Gasteiger charge is -2.25. The van der Waals surface area contributed by atoms with Gasteiger partial charge in [0.15, 0.2) is 0 Å². The maximum absolute atomic E-state index is 3.60. The molecular weight excluding hydrogens is 240 g/mol. The molecule has 1 saturated carbocycles. The van der Waals surface area contributed by atoms with Gasteiger partial charge in [0, 0.05) is 37.1 Å². The highest BCUT2D eigenvalue weighted by molar-refractivity contribution is 7.09. The first kappa shape index (κ1) is 12.6. The molecule has 2 nitrogen and oxygen atoms in total. The lowest BCUT2D eigenvalue weighted by atomic mass is 10.0. The summed E-state index contributed by atoms with van der Waals surface area (Å²) >= 11 is 1.84. The van der Waals surface area contributed by atoms with E-state index in [9.17, 15) is 0 Å². The zero-order valence-corrected chi connectivity index (χ0v) is 12.1. The van der Waals surface area contributed by atoms with Crippen molar-refractivity contribution >= 4 is 11.3 Å². The van der Waals surface area contributed by atoms with Gasteiger partial charge in [-0.1, -0.05) is 12.5 Å². The SMILES string of the molecule is CC(CNCc1cccs1)N1CC2CCCC2C1. The average Bonchev–Trinajstić information content (AvgIpc) is 3.04. The molecule has 0 aromatic carbocycles. The molecule has 3 rings (SSSR count). The first-order chi connectivity index (χ1) is 8.83. The van der Waals surface area contributed by atoms with Crippen molar-refractivity contribution in [2.45, 2.75) is 38.8 Å². The van der Waals surface area contributed by atoms with Crippen LogP contribution in [0.15, 0.2) is 17.5 Å². The predicted octanol–water partition coefficient (Wildman–Crippen LogP) is 2.96. The summed E-state index contributed by atoms with van der Waals surface area (Å²) in [5.41, 5.74) is 0. The summed E-state index contributed by atoms with van der Waals surface area (Å²) in [6, 6.07) is 5.03. The smallest absolute Gasteiger partial charge is 0.0300 e. The zero-order chi connectivity index (χ0) is 12.4. The van der Waals surface area contributed by atoms with Crippen LogP contribution in [0.2, 0.25) is 0 Å². The summed E-state index contributed by atoms with van der Waals surface area (Å²) in [6.07, 6.45) is 4.45. The Morgan fingerprint density at radius 1 is 1.39 bits per heavy atom. The van der Waals surface area contributed by atoms with Crippen molar-refractivity contribution in [3.63, 3.8) is 0 Å². The number of nitrogens with one attached hydrogen (secondary N) is 1. The summed E-state index contributed by atoms with van der Waals surface area (Å²) in [5, 5.41) is 5.75. The minimum atomic E-state index is 0.690. The molecule has 2 aliphatic rings. The Morgan fingerprint density at radius 3 is 2.83 bits per heavy atom. The zero-order valence-electron chi connectivity index (χ0n) is 11.3. The molecule has 0 spiro atoms. The van der Waals surface area contributed by atoms with E-state index >= 15 is 0 Å². The number of hydrogen-bond acceptors (Lipinski definition) is 3. The van der Waals surface area contributed by atoms with E-state index in [0.29, 0.717) is 6.04 Å². The van der Waals surface area contributed by atoms with Crippen LogP contribution in [0.1, 0.15) is 31.1 Å². The molecule has 1 saturated heterocycles. The number of rotatable bonds is 5. The van der Waals surface area contributed by atoms with Gasteiger partial charge in [-0.15, -0.1) is 11.3 Å². The molecule has 0 amide bonds. The average molecular weight is 264 g/mol. The molecule has 0 bridgehead atoms. The van der Waals surface area contributed by atoms with Gasteiger partial charge in [-0.25, -0.2) is 0 Å². The van der Waals surface area contributed by atoms with Gasteiger partial charge in [0.25, 0.3) is 0 Å². The number of nitrogens with zero attached hydrogens (tertiary/aromatic N) is 1. The highest BCUT2D eigenvalue weighted by Gasteiger charge is 2.37. The minimum absolute atomic E-state index is 0.690. The molecule has 3 atom stereocenters. The number of thiophene rings is 1. The van der Waals surface area contributed by atoms with Crippen LogP contribution in [0.5, 0.6) is 0 Å². The number of likely N-dealkylation sites (tertiary alicyclic amines) is 1. The maximum atomic E-state index is 3.60. The van der Waals surface area contributed by atoms with Crippen molar-refractivity contribution < 1.29 is 0 Å². The van der Waals surface area contributed by atoms with E-state index in [0.717, 1.165) is 24.9 Å². The topological polar surface area (TPSA) is 15.3 Å². The molecule has 0 radical (unpaired) electrons. The standard InChI is InChI=1S/C15H24N2S/c1-12(8-16-9-15-6-3-7-18-15)17-10-13-4-2-5-14(13)11-17/h3,6-7,12-14,16H,2,4-5,8-11H2,1H3. The first-order valence-electron chi connectivity index (χ1n) is 7.30. The van der Waals surface area contributed by atoms with Crippen molar-refractivity contribution in [1.29, 1.82) is 0 Å². The summed E-state index contributed by atoms with van der Waals surface area (Å²) in [5.74, 6) is 2.04. The van der Waals surface area contributed by atoms with Crippen molar-refractivity contribution in [3.05, 3.63) is 22.4 Å². The minimum Gasteiger partial charge on any atom is -0.310 e. The normalized spacial score (nSPS) is 29.6. The maximum Gasteiger partial charge on any atom is 0.0300 e. The summed E-state index contributed by atoms with van der Waals surface area (Å²) in [6.45, 7) is 7.24. The lowest BCUT2D eigenvalue weighted by molar-refractivity contribution is 0.233. The molecule has 1 aliphatic carbocycles. The Bertz CT molecular complexity index is 351. The van der Waals surface area contributed by atoms with Crippen LogP contribution in [0, 0.1) is 11.8 Å². The third-order valence-corrected chi connectivity index (χ3v) is 5.57. The molecule has 100 valence electrons. The van der Waals surface area contributed by atoms with E-state index in [-0.39, 0.29) is 0 Å². The van der Waals surface area contributed by atoms with Gasteiger partial charge >= 0.3 is 0 Å². The van der Waals surface area contributed by atoms with Gasteiger partial charge in [0.2, 0.25) is 0 Å². The molecule has 18 heavy (non-hydrogen) atoms. The molecule has 1 N–H and O–H groups in total. The van der Waals surface area contributed by atoms with Gasteiger partial charge in [0.05, 0.1) is 0 Å². The van der Waals surface area contributed by atoms with E-state index < -0.39 is 0 Å². The highest BCUT2D eigenvalue weighted by atomic mass is 32.1. The Morgan fingerprint density at radius 2 is 2.17 bits per heavy atom. The van der Waals surface area contributed by atoms with Crippen LogP contribution < -0.4 is 5.32 Å². The van der Waals surface area contributed by atoms with Crippen LogP contribution >= 0.6 is 11.3 Å². The quantitative estimate of drug-likeness (QED) is 0.879. The van der Waals surface area contributed by atoms with Gasteiger partial charge in [-0.2, -0.15) is 0 Å². The highest BCUT2D eigenvalue weighted by Crippen LogP contribution is 2.38. The van der Waals surface area contributed by atoms with Gasteiger partial charge < -0.3 is 5.32 Å². The van der Waals surface area contributed by atoms with Crippen LogP contribution in [-0.2, 0) is 6.54 Å². The third-order valence-electron chi connectivity index (χ3n) is 4.70. The molecule has 1 aromatic rings. The van der Waals surface area contributed by atoms with Gasteiger partial charge in [-0.3, -0.25) is 4.90 Å². The first-order valence-corrected chi connectivity index (χ1v) is 8.18. The Labute approximate surface area is 114 Å². The van der Waals surface area contributed by atoms with Crippen LogP contribution in [0.25, 0.3) is 0 Å². The van der Waals surface area contributed by atoms with Crippen LogP contribution in [-0.4, -0.2) is 30.6 Å². The van der Waals surface area contributed by atoms with Crippen molar-refractivity contribution in [1.82, 2.24) is 10.2 Å². The summed E-state index contributed by atoms with van der Waals surface area (Å²) < 4.78 is 0. The lowest BCUT2D eigenvalue weighted by Crippen LogP contribution is -2.39. The third kappa shape index (κ3) is 2.79. The van der Waals surface area contributed by atoms with Gasteiger partial charge in [-0.05, 0) is 43.0 Å². The van der Waals surface area contributed by atoms with Crippen LogP contribution in [0.4, 0.5) is 0 Å². The van der Waals surface area contributed by atoms with E-state index in [1.54, 1.807) is 0 Å². The Hall–Kier alpha value is -0.380. The van der Waals surface area contributed by atoms with E-state index in [2.05, 4.69) is 34.7 Å². The summed E-state index contributed by atoms with van der Waals surface area (Å²) in [4.78, 5) is 4.15. The predicted molar refractivity (Wildman–Crippen MR) is 77.9 cm³/mol. The van der Waals surface area contributed by atoms with E-state index in [1.807, 2.05) is 11.3 Å². The molecule has 2 heterocycles. The number of fused-ring (bicyclic) bond motifs is 1. The monoisotopic (exact) mass is 264 g/mol. The second kappa shape index (κ2) is 5.72. The fourth-order valence-corrected chi connectivity index (χ4v) is 4.25. The molecule has 3 heteroatoms. The van der Waals surface area contributed by atoms with Crippen molar-refractivity contribution in [2.75, 3.05) is 19.6 Å². The fraction of sp³-hybridized carbons (Fsp3) is 0.733. The molecule has 3 unspecified atom stereocenters.